The zero-order chi connectivity index (χ0) is 13.1. The summed E-state index contributed by atoms with van der Waals surface area (Å²) in [5.74, 6) is 0.857. The third kappa shape index (κ3) is 4.13. The standard InChI is InChI=1S/C15H22N2O.ClH/c1-11-3-4-12(2)17(10-11)15(18)9-13-5-7-14(16)8-6-13;/h5-8,11-12H,3-4,9-10,16H2,1-2H3;1H. The number of rotatable bonds is 2. The van der Waals surface area contributed by atoms with E-state index in [4.69, 9.17) is 5.73 Å². The fourth-order valence-electron chi connectivity index (χ4n) is 2.55. The summed E-state index contributed by atoms with van der Waals surface area (Å²) >= 11 is 0. The third-order valence-corrected chi connectivity index (χ3v) is 3.77. The minimum absolute atomic E-state index is 0. The molecule has 0 aromatic heterocycles. The van der Waals surface area contributed by atoms with Crippen LogP contribution in [0, 0.1) is 5.92 Å². The van der Waals surface area contributed by atoms with Gasteiger partial charge in [0.1, 0.15) is 0 Å². The van der Waals surface area contributed by atoms with Gasteiger partial charge in [-0.25, -0.2) is 0 Å². The SMILES string of the molecule is CC1CCC(C)N(C(=O)Cc2ccc(N)cc2)C1.Cl. The molecule has 1 aliphatic rings. The first-order valence-corrected chi connectivity index (χ1v) is 6.70. The molecule has 2 rings (SSSR count). The minimum Gasteiger partial charge on any atom is -0.399 e. The van der Waals surface area contributed by atoms with Gasteiger partial charge in [0, 0.05) is 18.3 Å². The number of nitrogens with two attached hydrogens (primary N) is 1. The number of nitrogen functional groups attached to an aromatic ring is 1. The molecule has 0 saturated carbocycles. The summed E-state index contributed by atoms with van der Waals surface area (Å²) in [6, 6.07) is 7.95. The minimum atomic E-state index is 0. The topological polar surface area (TPSA) is 46.3 Å². The van der Waals surface area contributed by atoms with Gasteiger partial charge >= 0.3 is 0 Å². The molecule has 0 aliphatic carbocycles. The lowest BCUT2D eigenvalue weighted by Gasteiger charge is -2.37. The summed E-state index contributed by atoms with van der Waals surface area (Å²) in [6.07, 6.45) is 2.83. The number of nitrogens with zero attached hydrogens (tertiary/aromatic N) is 1. The molecule has 1 amide bonds. The van der Waals surface area contributed by atoms with Crippen LogP contribution in [-0.2, 0) is 11.2 Å². The molecule has 2 atom stereocenters. The molecule has 2 N–H and O–H groups in total. The van der Waals surface area contributed by atoms with E-state index in [-0.39, 0.29) is 18.3 Å². The van der Waals surface area contributed by atoms with Crippen LogP contribution >= 0.6 is 12.4 Å². The van der Waals surface area contributed by atoms with Crippen molar-refractivity contribution >= 4 is 24.0 Å². The van der Waals surface area contributed by atoms with Gasteiger partial charge in [0.2, 0.25) is 5.91 Å². The maximum atomic E-state index is 12.3. The Hall–Kier alpha value is -1.22. The Kier molecular flexibility index (Phi) is 5.67. The second kappa shape index (κ2) is 6.80. The predicted molar refractivity (Wildman–Crippen MR) is 81.4 cm³/mol. The number of hydrogen-bond donors (Lipinski definition) is 1. The zero-order valence-electron chi connectivity index (χ0n) is 11.6. The normalized spacial score (nSPS) is 22.7. The summed E-state index contributed by atoms with van der Waals surface area (Å²) in [5.41, 5.74) is 7.43. The average Bonchev–Trinajstić information content (AvgIpc) is 2.35. The van der Waals surface area contributed by atoms with Crippen molar-refractivity contribution in [2.45, 2.75) is 39.2 Å². The van der Waals surface area contributed by atoms with Crippen molar-refractivity contribution in [1.82, 2.24) is 4.90 Å². The summed E-state index contributed by atoms with van der Waals surface area (Å²) in [4.78, 5) is 14.3. The molecule has 0 spiro atoms. The molecule has 1 aliphatic heterocycles. The first-order chi connectivity index (χ1) is 8.56. The Bertz CT molecular complexity index is 419. The number of anilines is 1. The van der Waals surface area contributed by atoms with Crippen molar-refractivity contribution in [3.63, 3.8) is 0 Å². The van der Waals surface area contributed by atoms with Gasteiger partial charge in [-0.15, -0.1) is 12.4 Å². The van der Waals surface area contributed by atoms with Gasteiger partial charge in [-0.3, -0.25) is 4.79 Å². The molecule has 4 heteroatoms. The Balaban J connectivity index is 0.00000180. The molecule has 19 heavy (non-hydrogen) atoms. The van der Waals surface area contributed by atoms with E-state index in [0.29, 0.717) is 18.4 Å². The maximum Gasteiger partial charge on any atom is 0.227 e. The Morgan fingerprint density at radius 1 is 1.26 bits per heavy atom. The molecule has 1 aromatic rings. The van der Waals surface area contributed by atoms with Gasteiger partial charge in [-0.2, -0.15) is 0 Å². The molecule has 0 bridgehead atoms. The van der Waals surface area contributed by atoms with Crippen LogP contribution in [0.1, 0.15) is 32.3 Å². The first kappa shape index (κ1) is 15.8. The van der Waals surface area contributed by atoms with Crippen molar-refractivity contribution in [2.75, 3.05) is 12.3 Å². The second-order valence-electron chi connectivity index (χ2n) is 5.50. The molecule has 1 heterocycles. The summed E-state index contributed by atoms with van der Waals surface area (Å²) in [7, 11) is 0. The van der Waals surface area contributed by atoms with Gasteiger partial charge in [0.25, 0.3) is 0 Å². The van der Waals surface area contributed by atoms with Crippen LogP contribution in [0.5, 0.6) is 0 Å². The van der Waals surface area contributed by atoms with E-state index in [1.165, 1.54) is 6.42 Å². The van der Waals surface area contributed by atoms with Gasteiger partial charge in [-0.05, 0) is 43.4 Å². The van der Waals surface area contributed by atoms with Crippen molar-refractivity contribution in [2.24, 2.45) is 5.92 Å². The largest absolute Gasteiger partial charge is 0.399 e. The molecular weight excluding hydrogens is 260 g/mol. The Morgan fingerprint density at radius 3 is 2.53 bits per heavy atom. The number of amides is 1. The van der Waals surface area contributed by atoms with Crippen molar-refractivity contribution in [3.05, 3.63) is 29.8 Å². The van der Waals surface area contributed by atoms with Gasteiger partial charge in [-0.1, -0.05) is 19.1 Å². The fourth-order valence-corrected chi connectivity index (χ4v) is 2.55. The molecule has 3 nitrogen and oxygen atoms in total. The number of piperidine rings is 1. The zero-order valence-corrected chi connectivity index (χ0v) is 12.5. The van der Waals surface area contributed by atoms with E-state index in [1.807, 2.05) is 29.2 Å². The number of carbonyl (C=O) groups excluding carboxylic acids is 1. The highest BCUT2D eigenvalue weighted by atomic mass is 35.5. The predicted octanol–water partition coefficient (Wildman–Crippen LogP) is 2.88. The smallest absolute Gasteiger partial charge is 0.227 e. The van der Waals surface area contributed by atoms with Crippen LogP contribution < -0.4 is 5.73 Å². The van der Waals surface area contributed by atoms with E-state index in [9.17, 15) is 4.79 Å². The highest BCUT2D eigenvalue weighted by molar-refractivity contribution is 5.85. The Morgan fingerprint density at radius 2 is 1.89 bits per heavy atom. The third-order valence-electron chi connectivity index (χ3n) is 3.77. The number of carbonyl (C=O) groups is 1. The van der Waals surface area contributed by atoms with Gasteiger partial charge in [0.15, 0.2) is 0 Å². The highest BCUT2D eigenvalue weighted by Gasteiger charge is 2.26. The highest BCUT2D eigenvalue weighted by Crippen LogP contribution is 2.22. The summed E-state index contributed by atoms with van der Waals surface area (Å²) < 4.78 is 0. The lowest BCUT2D eigenvalue weighted by atomic mass is 9.94. The summed E-state index contributed by atoms with van der Waals surface area (Å²) in [6.45, 7) is 5.26. The monoisotopic (exact) mass is 282 g/mol. The van der Waals surface area contributed by atoms with Crippen LogP contribution in [0.15, 0.2) is 24.3 Å². The number of benzene rings is 1. The van der Waals surface area contributed by atoms with Crippen LogP contribution in [0.25, 0.3) is 0 Å². The van der Waals surface area contributed by atoms with Gasteiger partial charge < -0.3 is 10.6 Å². The van der Waals surface area contributed by atoms with Crippen LogP contribution in [0.3, 0.4) is 0 Å². The fraction of sp³-hybridized carbons (Fsp3) is 0.533. The molecule has 0 radical (unpaired) electrons. The van der Waals surface area contributed by atoms with E-state index < -0.39 is 0 Å². The van der Waals surface area contributed by atoms with Crippen molar-refractivity contribution in [3.8, 4) is 0 Å². The van der Waals surface area contributed by atoms with Crippen molar-refractivity contribution in [1.29, 1.82) is 0 Å². The lowest BCUT2D eigenvalue weighted by molar-refractivity contribution is -0.134. The van der Waals surface area contributed by atoms with Crippen LogP contribution in [0.2, 0.25) is 0 Å². The van der Waals surface area contributed by atoms with Crippen LogP contribution in [0.4, 0.5) is 5.69 Å². The van der Waals surface area contributed by atoms with Gasteiger partial charge in [0.05, 0.1) is 6.42 Å². The van der Waals surface area contributed by atoms with E-state index in [1.54, 1.807) is 0 Å². The first-order valence-electron chi connectivity index (χ1n) is 6.70. The van der Waals surface area contributed by atoms with Crippen LogP contribution in [-0.4, -0.2) is 23.4 Å². The van der Waals surface area contributed by atoms with Crippen molar-refractivity contribution < 1.29 is 4.79 Å². The average molecular weight is 283 g/mol. The number of hydrogen-bond acceptors (Lipinski definition) is 2. The second-order valence-corrected chi connectivity index (χ2v) is 5.50. The molecular formula is C15H23ClN2O. The van der Waals surface area contributed by atoms with E-state index >= 15 is 0 Å². The molecule has 106 valence electrons. The molecule has 1 fully saturated rings. The molecule has 1 aromatic carbocycles. The lowest BCUT2D eigenvalue weighted by Crippen LogP contribution is -2.45. The quantitative estimate of drug-likeness (QED) is 0.848. The Labute approximate surface area is 121 Å². The number of halogens is 1. The molecule has 1 saturated heterocycles. The maximum absolute atomic E-state index is 12.3. The molecule has 2 unspecified atom stereocenters. The van der Waals surface area contributed by atoms with E-state index in [0.717, 1.165) is 24.2 Å². The van der Waals surface area contributed by atoms with E-state index in [2.05, 4.69) is 13.8 Å². The number of likely N-dealkylation sites (tertiary alicyclic amines) is 1. The summed E-state index contributed by atoms with van der Waals surface area (Å²) in [5, 5.41) is 0.